The Hall–Kier alpha value is -1.35. The number of hydrogen-bond acceptors (Lipinski definition) is 2. The summed E-state index contributed by atoms with van der Waals surface area (Å²) in [7, 11) is 0. The Morgan fingerprint density at radius 2 is 2.18 bits per heavy atom. The maximum Gasteiger partial charge on any atom is 0.224 e. The average Bonchev–Trinajstić information content (AvgIpc) is 2.26. The number of amides is 1. The predicted molar refractivity (Wildman–Crippen MR) is 72.1 cm³/mol. The van der Waals surface area contributed by atoms with Gasteiger partial charge in [-0.3, -0.25) is 4.79 Å². The Morgan fingerprint density at radius 3 is 2.71 bits per heavy atom. The fourth-order valence-electron chi connectivity index (χ4n) is 1.75. The normalized spacial score (nSPS) is 12.2. The number of nitrogens with one attached hydrogen (secondary N) is 1. The van der Waals surface area contributed by atoms with Gasteiger partial charge in [-0.2, -0.15) is 0 Å². The van der Waals surface area contributed by atoms with Crippen molar-refractivity contribution in [2.75, 3.05) is 5.32 Å². The number of carbonyl (C=O) groups is 1. The van der Waals surface area contributed by atoms with E-state index in [1.807, 2.05) is 19.1 Å². The molecule has 1 aromatic carbocycles. The van der Waals surface area contributed by atoms with Crippen LogP contribution in [0.2, 0.25) is 0 Å². The van der Waals surface area contributed by atoms with Crippen molar-refractivity contribution in [1.82, 2.24) is 0 Å². The second kappa shape index (κ2) is 6.40. The first-order valence-corrected chi connectivity index (χ1v) is 6.18. The van der Waals surface area contributed by atoms with Gasteiger partial charge in [0.2, 0.25) is 5.91 Å². The molecule has 3 heteroatoms. The molecule has 1 atom stereocenters. The summed E-state index contributed by atoms with van der Waals surface area (Å²) in [6, 6.07) is 6.11. The van der Waals surface area contributed by atoms with Crippen molar-refractivity contribution in [2.45, 2.75) is 46.1 Å². The molecule has 0 aromatic heterocycles. The van der Waals surface area contributed by atoms with Crippen LogP contribution in [-0.4, -0.2) is 11.9 Å². The minimum atomic E-state index is 0.0333. The van der Waals surface area contributed by atoms with E-state index in [1.54, 1.807) is 0 Å². The Morgan fingerprint density at radius 1 is 1.47 bits per heavy atom. The highest BCUT2D eigenvalue weighted by atomic mass is 16.1. The maximum atomic E-state index is 11.6. The summed E-state index contributed by atoms with van der Waals surface area (Å²) < 4.78 is 0. The molecular weight excluding hydrogens is 212 g/mol. The van der Waals surface area contributed by atoms with E-state index in [9.17, 15) is 4.79 Å². The van der Waals surface area contributed by atoms with E-state index in [2.05, 4.69) is 25.2 Å². The molecule has 0 heterocycles. The van der Waals surface area contributed by atoms with Crippen molar-refractivity contribution in [3.05, 3.63) is 29.3 Å². The van der Waals surface area contributed by atoms with Gasteiger partial charge in [-0.25, -0.2) is 0 Å². The van der Waals surface area contributed by atoms with Gasteiger partial charge in [0.05, 0.1) is 0 Å². The van der Waals surface area contributed by atoms with Gasteiger partial charge in [0.1, 0.15) is 0 Å². The Labute approximate surface area is 103 Å². The quantitative estimate of drug-likeness (QED) is 0.823. The zero-order valence-electron chi connectivity index (χ0n) is 10.9. The van der Waals surface area contributed by atoms with Gasteiger partial charge in [0.25, 0.3) is 0 Å². The summed E-state index contributed by atoms with van der Waals surface area (Å²) in [4.78, 5) is 11.6. The largest absolute Gasteiger partial charge is 0.328 e. The van der Waals surface area contributed by atoms with E-state index < -0.39 is 0 Å². The third-order valence-corrected chi connectivity index (χ3v) is 2.83. The molecule has 0 bridgehead atoms. The number of carbonyl (C=O) groups excluding carboxylic acids is 1. The molecule has 0 aliphatic rings. The van der Waals surface area contributed by atoms with E-state index >= 15 is 0 Å². The lowest BCUT2D eigenvalue weighted by Crippen LogP contribution is -2.19. The molecule has 3 N–H and O–H groups in total. The van der Waals surface area contributed by atoms with Crippen molar-refractivity contribution in [1.29, 1.82) is 0 Å². The van der Waals surface area contributed by atoms with Crippen molar-refractivity contribution in [3.63, 3.8) is 0 Å². The standard InChI is InChI=1S/C14H22N2O/c1-4-12-6-7-13(9-10(12)2)16-14(17)8-5-11(3)15/h6-7,9,11H,4-5,8,15H2,1-3H3,(H,16,17). The SMILES string of the molecule is CCc1ccc(NC(=O)CCC(C)N)cc1C. The highest BCUT2D eigenvalue weighted by molar-refractivity contribution is 5.90. The summed E-state index contributed by atoms with van der Waals surface area (Å²) in [6.45, 7) is 6.10. The number of benzene rings is 1. The number of anilines is 1. The molecule has 1 aromatic rings. The highest BCUT2D eigenvalue weighted by Gasteiger charge is 2.05. The molecule has 3 nitrogen and oxygen atoms in total. The summed E-state index contributed by atoms with van der Waals surface area (Å²) in [6.07, 6.45) is 2.22. The second-order valence-electron chi connectivity index (χ2n) is 4.56. The van der Waals surface area contributed by atoms with Gasteiger partial charge in [-0.05, 0) is 49.9 Å². The van der Waals surface area contributed by atoms with Crippen LogP contribution in [0, 0.1) is 6.92 Å². The van der Waals surface area contributed by atoms with Crippen molar-refractivity contribution >= 4 is 11.6 Å². The van der Waals surface area contributed by atoms with Gasteiger partial charge in [-0.15, -0.1) is 0 Å². The van der Waals surface area contributed by atoms with Gasteiger partial charge in [0, 0.05) is 18.2 Å². The molecule has 0 fully saturated rings. The molecule has 1 amide bonds. The van der Waals surface area contributed by atoms with E-state index in [1.165, 1.54) is 11.1 Å². The molecule has 0 spiro atoms. The number of rotatable bonds is 5. The second-order valence-corrected chi connectivity index (χ2v) is 4.56. The molecule has 0 radical (unpaired) electrons. The van der Waals surface area contributed by atoms with Crippen LogP contribution in [0.3, 0.4) is 0 Å². The highest BCUT2D eigenvalue weighted by Crippen LogP contribution is 2.16. The smallest absolute Gasteiger partial charge is 0.224 e. The molecule has 17 heavy (non-hydrogen) atoms. The molecule has 0 saturated carbocycles. The van der Waals surface area contributed by atoms with Crippen LogP contribution in [-0.2, 0) is 11.2 Å². The Kier molecular flexibility index (Phi) is 5.16. The lowest BCUT2D eigenvalue weighted by atomic mass is 10.1. The minimum Gasteiger partial charge on any atom is -0.328 e. The third-order valence-electron chi connectivity index (χ3n) is 2.83. The molecule has 94 valence electrons. The molecule has 0 aliphatic heterocycles. The van der Waals surface area contributed by atoms with Crippen LogP contribution >= 0.6 is 0 Å². The van der Waals surface area contributed by atoms with Crippen molar-refractivity contribution < 1.29 is 4.79 Å². The lowest BCUT2D eigenvalue weighted by Gasteiger charge is -2.09. The predicted octanol–water partition coefficient (Wildman–Crippen LogP) is 2.62. The van der Waals surface area contributed by atoms with Crippen molar-refractivity contribution in [2.24, 2.45) is 5.73 Å². The molecule has 0 saturated heterocycles. The zero-order valence-corrected chi connectivity index (χ0v) is 10.9. The van der Waals surface area contributed by atoms with Crippen molar-refractivity contribution in [3.8, 4) is 0 Å². The summed E-state index contributed by atoms with van der Waals surface area (Å²) >= 11 is 0. The fraction of sp³-hybridized carbons (Fsp3) is 0.500. The van der Waals surface area contributed by atoms with E-state index in [0.717, 1.165) is 18.5 Å². The average molecular weight is 234 g/mol. The topological polar surface area (TPSA) is 55.1 Å². The van der Waals surface area contributed by atoms with E-state index in [4.69, 9.17) is 5.73 Å². The van der Waals surface area contributed by atoms with Gasteiger partial charge >= 0.3 is 0 Å². The molecular formula is C14H22N2O. The zero-order chi connectivity index (χ0) is 12.8. The number of hydrogen-bond donors (Lipinski definition) is 2. The number of nitrogens with two attached hydrogens (primary N) is 1. The van der Waals surface area contributed by atoms with Gasteiger partial charge in [0.15, 0.2) is 0 Å². The molecule has 1 unspecified atom stereocenters. The maximum absolute atomic E-state index is 11.6. The van der Waals surface area contributed by atoms with E-state index in [0.29, 0.717) is 6.42 Å². The van der Waals surface area contributed by atoms with Crippen LogP contribution in [0.4, 0.5) is 5.69 Å². The first-order chi connectivity index (χ1) is 8.02. The van der Waals surface area contributed by atoms with Crippen LogP contribution in [0.5, 0.6) is 0 Å². The van der Waals surface area contributed by atoms with Crippen LogP contribution in [0.15, 0.2) is 18.2 Å². The lowest BCUT2D eigenvalue weighted by molar-refractivity contribution is -0.116. The van der Waals surface area contributed by atoms with Gasteiger partial charge in [-0.1, -0.05) is 13.0 Å². The summed E-state index contributed by atoms with van der Waals surface area (Å²) in [5.74, 6) is 0.0333. The summed E-state index contributed by atoms with van der Waals surface area (Å²) in [5.41, 5.74) is 9.02. The third kappa shape index (κ3) is 4.57. The van der Waals surface area contributed by atoms with Crippen LogP contribution < -0.4 is 11.1 Å². The Balaban J connectivity index is 2.57. The monoisotopic (exact) mass is 234 g/mol. The molecule has 1 rings (SSSR count). The fourth-order valence-corrected chi connectivity index (χ4v) is 1.75. The van der Waals surface area contributed by atoms with Crippen LogP contribution in [0.1, 0.15) is 37.8 Å². The first kappa shape index (κ1) is 13.7. The molecule has 0 aliphatic carbocycles. The van der Waals surface area contributed by atoms with E-state index in [-0.39, 0.29) is 11.9 Å². The summed E-state index contributed by atoms with van der Waals surface area (Å²) in [5, 5.41) is 2.89. The first-order valence-electron chi connectivity index (χ1n) is 6.18. The number of aryl methyl sites for hydroxylation is 2. The van der Waals surface area contributed by atoms with Gasteiger partial charge < -0.3 is 11.1 Å². The minimum absolute atomic E-state index is 0.0333. The van der Waals surface area contributed by atoms with Crippen LogP contribution in [0.25, 0.3) is 0 Å². The Bertz CT molecular complexity index is 386.